The quantitative estimate of drug-likeness (QED) is 0.942. The van der Waals surface area contributed by atoms with Crippen molar-refractivity contribution in [2.45, 2.75) is 37.6 Å². The van der Waals surface area contributed by atoms with Crippen LogP contribution in [-0.2, 0) is 0 Å². The maximum absolute atomic E-state index is 12.8. The van der Waals surface area contributed by atoms with E-state index in [2.05, 4.69) is 22.3 Å². The summed E-state index contributed by atoms with van der Waals surface area (Å²) in [4.78, 5) is 14.8. The fourth-order valence-corrected chi connectivity index (χ4v) is 3.38. The van der Waals surface area contributed by atoms with Crippen molar-refractivity contribution in [3.05, 3.63) is 47.3 Å². The number of likely N-dealkylation sites (tertiary alicyclic amines) is 1. The first-order chi connectivity index (χ1) is 11.3. The number of hydrogen-bond donors (Lipinski definition) is 1. The van der Waals surface area contributed by atoms with Crippen LogP contribution in [0.4, 0.5) is 0 Å². The standard InChI is InChI=1S/C18H21N3O2/c1-23-14-8-6-13(7-9-14)17-3-2-10-21(17)18(22)16-11-15(19-20-16)12-4-5-12/h6-9,11-12,17H,2-5,10H2,1H3,(H,19,20). The normalized spacial score (nSPS) is 20.7. The lowest BCUT2D eigenvalue weighted by molar-refractivity contribution is 0.0729. The van der Waals surface area contributed by atoms with Crippen LogP contribution in [0.1, 0.15) is 59.4 Å². The first kappa shape index (κ1) is 14.3. The van der Waals surface area contributed by atoms with Gasteiger partial charge in [-0.2, -0.15) is 5.10 Å². The Balaban J connectivity index is 1.54. The van der Waals surface area contributed by atoms with Crippen molar-refractivity contribution < 1.29 is 9.53 Å². The molecule has 5 heteroatoms. The highest BCUT2D eigenvalue weighted by Gasteiger charge is 2.33. The molecule has 0 radical (unpaired) electrons. The topological polar surface area (TPSA) is 58.2 Å². The maximum atomic E-state index is 12.8. The van der Waals surface area contributed by atoms with Gasteiger partial charge in [0.1, 0.15) is 11.4 Å². The molecule has 2 heterocycles. The lowest BCUT2D eigenvalue weighted by atomic mass is 10.0. The minimum atomic E-state index is 0.0338. The Morgan fingerprint density at radius 2 is 2.04 bits per heavy atom. The van der Waals surface area contributed by atoms with Gasteiger partial charge in [0.2, 0.25) is 0 Å². The van der Waals surface area contributed by atoms with Gasteiger partial charge in [0.05, 0.1) is 13.2 Å². The molecule has 2 aromatic rings. The summed E-state index contributed by atoms with van der Waals surface area (Å²) in [5.74, 6) is 1.46. The number of carbonyl (C=O) groups excluding carboxylic acids is 1. The number of methoxy groups -OCH3 is 1. The monoisotopic (exact) mass is 311 g/mol. The Labute approximate surface area is 135 Å². The summed E-state index contributed by atoms with van der Waals surface area (Å²) in [6, 6.07) is 10.1. The molecule has 0 bridgehead atoms. The van der Waals surface area contributed by atoms with Crippen LogP contribution in [0.5, 0.6) is 5.75 Å². The van der Waals surface area contributed by atoms with Crippen LogP contribution in [0, 0.1) is 0 Å². The number of benzene rings is 1. The van der Waals surface area contributed by atoms with Crippen LogP contribution < -0.4 is 4.74 Å². The molecule has 5 nitrogen and oxygen atoms in total. The Hall–Kier alpha value is -2.30. The first-order valence-corrected chi connectivity index (χ1v) is 8.26. The van der Waals surface area contributed by atoms with Gasteiger partial charge >= 0.3 is 0 Å². The molecule has 2 aliphatic rings. The second-order valence-electron chi connectivity index (χ2n) is 6.41. The molecular formula is C18H21N3O2. The third-order valence-electron chi connectivity index (χ3n) is 4.85. The van der Waals surface area contributed by atoms with E-state index in [-0.39, 0.29) is 11.9 Å². The molecule has 1 amide bonds. The van der Waals surface area contributed by atoms with Gasteiger partial charge in [0.15, 0.2) is 0 Å². The molecule has 23 heavy (non-hydrogen) atoms. The number of H-pyrrole nitrogens is 1. The number of aromatic nitrogens is 2. The van der Waals surface area contributed by atoms with E-state index in [4.69, 9.17) is 4.74 Å². The van der Waals surface area contributed by atoms with Crippen molar-refractivity contribution in [3.63, 3.8) is 0 Å². The van der Waals surface area contributed by atoms with E-state index < -0.39 is 0 Å². The molecule has 1 saturated carbocycles. The molecule has 1 aromatic carbocycles. The second-order valence-corrected chi connectivity index (χ2v) is 6.41. The maximum Gasteiger partial charge on any atom is 0.274 e. The van der Waals surface area contributed by atoms with Crippen molar-refractivity contribution in [2.24, 2.45) is 0 Å². The van der Waals surface area contributed by atoms with Gasteiger partial charge in [-0.1, -0.05) is 12.1 Å². The van der Waals surface area contributed by atoms with Crippen LogP contribution in [-0.4, -0.2) is 34.7 Å². The highest BCUT2D eigenvalue weighted by molar-refractivity contribution is 5.93. The van der Waals surface area contributed by atoms with E-state index >= 15 is 0 Å². The Morgan fingerprint density at radius 3 is 2.74 bits per heavy atom. The number of rotatable bonds is 4. The van der Waals surface area contributed by atoms with E-state index in [1.54, 1.807) is 7.11 Å². The minimum Gasteiger partial charge on any atom is -0.497 e. The van der Waals surface area contributed by atoms with Crippen molar-refractivity contribution >= 4 is 5.91 Å². The number of ether oxygens (including phenoxy) is 1. The molecule has 1 aromatic heterocycles. The SMILES string of the molecule is COc1ccc(C2CCCN2C(=O)c2cc(C3CC3)[nH]n2)cc1. The molecule has 4 rings (SSSR count). The van der Waals surface area contributed by atoms with Gasteiger partial charge in [0, 0.05) is 18.2 Å². The van der Waals surface area contributed by atoms with Crippen molar-refractivity contribution in [3.8, 4) is 5.75 Å². The summed E-state index contributed by atoms with van der Waals surface area (Å²) in [5, 5.41) is 7.27. The lowest BCUT2D eigenvalue weighted by Gasteiger charge is -2.24. The van der Waals surface area contributed by atoms with Crippen molar-refractivity contribution in [1.82, 2.24) is 15.1 Å². The lowest BCUT2D eigenvalue weighted by Crippen LogP contribution is -2.30. The Kier molecular flexibility index (Phi) is 3.56. The molecule has 1 aliphatic carbocycles. The van der Waals surface area contributed by atoms with Crippen LogP contribution in [0.15, 0.2) is 30.3 Å². The van der Waals surface area contributed by atoms with Crippen molar-refractivity contribution in [1.29, 1.82) is 0 Å². The summed E-state index contributed by atoms with van der Waals surface area (Å²) in [5.41, 5.74) is 2.82. The number of amides is 1. The predicted octanol–water partition coefficient (Wildman–Crippen LogP) is 3.27. The summed E-state index contributed by atoms with van der Waals surface area (Å²) in [6.07, 6.45) is 4.43. The number of carbonyl (C=O) groups is 1. The fourth-order valence-electron chi connectivity index (χ4n) is 3.38. The summed E-state index contributed by atoms with van der Waals surface area (Å²) in [7, 11) is 1.66. The Morgan fingerprint density at radius 1 is 1.26 bits per heavy atom. The highest BCUT2D eigenvalue weighted by Crippen LogP contribution is 2.39. The number of aromatic amines is 1. The minimum absolute atomic E-state index is 0.0338. The number of hydrogen-bond acceptors (Lipinski definition) is 3. The predicted molar refractivity (Wildman–Crippen MR) is 86.6 cm³/mol. The summed E-state index contributed by atoms with van der Waals surface area (Å²) >= 11 is 0. The zero-order chi connectivity index (χ0) is 15.8. The molecule has 1 saturated heterocycles. The molecule has 1 atom stereocenters. The largest absolute Gasteiger partial charge is 0.497 e. The average Bonchev–Trinajstić information content (AvgIpc) is 3.14. The van der Waals surface area contributed by atoms with E-state index in [1.807, 2.05) is 23.1 Å². The third-order valence-corrected chi connectivity index (χ3v) is 4.85. The first-order valence-electron chi connectivity index (χ1n) is 8.26. The van der Waals surface area contributed by atoms with Gasteiger partial charge < -0.3 is 9.64 Å². The van der Waals surface area contributed by atoms with Crippen LogP contribution in [0.2, 0.25) is 0 Å². The van der Waals surface area contributed by atoms with Crippen LogP contribution in [0.25, 0.3) is 0 Å². The van der Waals surface area contributed by atoms with E-state index in [0.717, 1.165) is 36.4 Å². The van der Waals surface area contributed by atoms with Crippen LogP contribution >= 0.6 is 0 Å². The molecule has 1 aliphatic heterocycles. The molecular weight excluding hydrogens is 290 g/mol. The van der Waals surface area contributed by atoms with Crippen LogP contribution in [0.3, 0.4) is 0 Å². The second kappa shape index (κ2) is 5.72. The zero-order valence-corrected chi connectivity index (χ0v) is 13.3. The van der Waals surface area contributed by atoms with E-state index in [1.165, 1.54) is 12.8 Å². The average molecular weight is 311 g/mol. The molecule has 1 N–H and O–H groups in total. The molecule has 1 unspecified atom stereocenters. The third kappa shape index (κ3) is 2.71. The van der Waals surface area contributed by atoms with Gasteiger partial charge in [-0.05, 0) is 49.4 Å². The number of nitrogens with one attached hydrogen (secondary N) is 1. The van der Waals surface area contributed by atoms with Gasteiger partial charge in [-0.15, -0.1) is 0 Å². The smallest absolute Gasteiger partial charge is 0.274 e. The molecule has 0 spiro atoms. The number of nitrogens with zero attached hydrogens (tertiary/aromatic N) is 2. The van der Waals surface area contributed by atoms with Crippen molar-refractivity contribution in [2.75, 3.05) is 13.7 Å². The van der Waals surface area contributed by atoms with E-state index in [0.29, 0.717) is 11.6 Å². The summed E-state index contributed by atoms with van der Waals surface area (Å²) < 4.78 is 5.21. The van der Waals surface area contributed by atoms with Gasteiger partial charge in [-0.25, -0.2) is 0 Å². The molecule has 2 fully saturated rings. The highest BCUT2D eigenvalue weighted by atomic mass is 16.5. The van der Waals surface area contributed by atoms with E-state index in [9.17, 15) is 4.79 Å². The zero-order valence-electron chi connectivity index (χ0n) is 13.3. The fraction of sp³-hybridized carbons (Fsp3) is 0.444. The van der Waals surface area contributed by atoms with Gasteiger partial charge in [-0.3, -0.25) is 9.89 Å². The Bertz CT molecular complexity index is 703. The molecule has 120 valence electrons. The van der Waals surface area contributed by atoms with Gasteiger partial charge in [0.25, 0.3) is 5.91 Å². The summed E-state index contributed by atoms with van der Waals surface area (Å²) in [6.45, 7) is 0.793.